The minimum absolute atomic E-state index is 0.105. The Labute approximate surface area is 146 Å². The normalized spacial score (nSPS) is 33.2. The largest absolute Gasteiger partial charge is 0.324 e. The standard InChI is InChI=1S/C19H21N3O3/c1-4-9-22-16(23)13-14(17(22)24)19(21-15(13)10(2)3)11-7-5-6-8-12(11)20-18(19)25/h4-8,10,13-15,21H,1,9H2,2-3H3,(H,20,25)/t13-,14+,15-,19-/m0/s1. The molecule has 0 aliphatic carbocycles. The fourth-order valence-electron chi connectivity index (χ4n) is 4.63. The highest BCUT2D eigenvalue weighted by Crippen LogP contribution is 2.53. The first-order chi connectivity index (χ1) is 11.9. The topological polar surface area (TPSA) is 78.5 Å². The molecule has 1 spiro atoms. The van der Waals surface area contributed by atoms with Crippen molar-refractivity contribution in [2.75, 3.05) is 11.9 Å². The van der Waals surface area contributed by atoms with Crippen LogP contribution in [0.3, 0.4) is 0 Å². The van der Waals surface area contributed by atoms with Gasteiger partial charge in [-0.05, 0) is 12.0 Å². The van der Waals surface area contributed by atoms with Gasteiger partial charge in [-0.1, -0.05) is 38.1 Å². The summed E-state index contributed by atoms with van der Waals surface area (Å²) in [5.41, 5.74) is 0.268. The van der Waals surface area contributed by atoms with Crippen molar-refractivity contribution in [3.8, 4) is 0 Å². The lowest BCUT2D eigenvalue weighted by molar-refractivity contribution is -0.142. The van der Waals surface area contributed by atoms with Crippen LogP contribution in [0.2, 0.25) is 0 Å². The Morgan fingerprint density at radius 2 is 1.96 bits per heavy atom. The summed E-state index contributed by atoms with van der Waals surface area (Å²) in [6.45, 7) is 7.82. The summed E-state index contributed by atoms with van der Waals surface area (Å²) in [5, 5.41) is 6.27. The zero-order valence-corrected chi connectivity index (χ0v) is 14.3. The molecule has 1 aromatic rings. The highest BCUT2D eigenvalue weighted by molar-refractivity contribution is 6.15. The molecule has 0 aromatic heterocycles. The van der Waals surface area contributed by atoms with E-state index in [0.29, 0.717) is 5.69 Å². The van der Waals surface area contributed by atoms with Crippen molar-refractivity contribution >= 4 is 23.4 Å². The Balaban J connectivity index is 1.91. The summed E-state index contributed by atoms with van der Waals surface area (Å²) < 4.78 is 0. The summed E-state index contributed by atoms with van der Waals surface area (Å²) in [4.78, 5) is 40.3. The van der Waals surface area contributed by atoms with Crippen LogP contribution in [0.1, 0.15) is 19.4 Å². The molecule has 0 saturated carbocycles. The van der Waals surface area contributed by atoms with Crippen LogP contribution in [0.5, 0.6) is 0 Å². The third kappa shape index (κ3) is 1.86. The van der Waals surface area contributed by atoms with Gasteiger partial charge in [-0.15, -0.1) is 6.58 Å². The lowest BCUT2D eigenvalue weighted by Crippen LogP contribution is -2.54. The molecule has 3 aliphatic heterocycles. The molecule has 2 N–H and O–H groups in total. The molecule has 1 aromatic carbocycles. The third-order valence-corrected chi connectivity index (χ3v) is 5.68. The number of anilines is 1. The number of nitrogens with one attached hydrogen (secondary N) is 2. The van der Waals surface area contributed by atoms with Gasteiger partial charge >= 0.3 is 0 Å². The molecule has 25 heavy (non-hydrogen) atoms. The van der Waals surface area contributed by atoms with Crippen LogP contribution in [0.25, 0.3) is 0 Å². The van der Waals surface area contributed by atoms with Gasteiger partial charge in [-0.2, -0.15) is 0 Å². The van der Waals surface area contributed by atoms with Crippen molar-refractivity contribution in [2.24, 2.45) is 17.8 Å². The van der Waals surface area contributed by atoms with Gasteiger partial charge in [0.2, 0.25) is 17.7 Å². The maximum atomic E-state index is 13.1. The second kappa shape index (κ2) is 5.26. The van der Waals surface area contributed by atoms with Gasteiger partial charge in [0.25, 0.3) is 0 Å². The van der Waals surface area contributed by atoms with Gasteiger partial charge < -0.3 is 5.32 Å². The Kier molecular flexibility index (Phi) is 3.37. The number of rotatable bonds is 3. The number of para-hydroxylation sites is 1. The number of benzene rings is 1. The van der Waals surface area contributed by atoms with E-state index < -0.39 is 17.4 Å². The van der Waals surface area contributed by atoms with Crippen LogP contribution >= 0.6 is 0 Å². The van der Waals surface area contributed by atoms with Crippen LogP contribution in [0.15, 0.2) is 36.9 Å². The van der Waals surface area contributed by atoms with Gasteiger partial charge in [-0.3, -0.25) is 24.6 Å². The van der Waals surface area contributed by atoms with Crippen molar-refractivity contribution in [3.05, 3.63) is 42.5 Å². The van der Waals surface area contributed by atoms with E-state index in [1.54, 1.807) is 6.08 Å². The molecule has 4 atom stereocenters. The Hall–Kier alpha value is -2.47. The van der Waals surface area contributed by atoms with Crippen LogP contribution in [0, 0.1) is 17.8 Å². The third-order valence-electron chi connectivity index (χ3n) is 5.68. The van der Waals surface area contributed by atoms with Crippen LogP contribution in [0.4, 0.5) is 5.69 Å². The summed E-state index contributed by atoms with van der Waals surface area (Å²) in [7, 11) is 0. The highest BCUT2D eigenvalue weighted by atomic mass is 16.2. The average molecular weight is 339 g/mol. The molecule has 4 rings (SSSR count). The van der Waals surface area contributed by atoms with E-state index in [-0.39, 0.29) is 36.2 Å². The monoisotopic (exact) mass is 339 g/mol. The number of amides is 3. The number of nitrogens with zero attached hydrogens (tertiary/aromatic N) is 1. The lowest BCUT2D eigenvalue weighted by atomic mass is 9.76. The van der Waals surface area contributed by atoms with Crippen molar-refractivity contribution in [3.63, 3.8) is 0 Å². The van der Waals surface area contributed by atoms with Crippen molar-refractivity contribution in [2.45, 2.75) is 25.4 Å². The molecule has 6 nitrogen and oxygen atoms in total. The molecular weight excluding hydrogens is 318 g/mol. The summed E-state index contributed by atoms with van der Waals surface area (Å²) in [6.07, 6.45) is 1.55. The minimum Gasteiger partial charge on any atom is -0.324 e. The van der Waals surface area contributed by atoms with Gasteiger partial charge in [0.15, 0.2) is 0 Å². The number of carbonyl (C=O) groups excluding carboxylic acids is 3. The zero-order valence-electron chi connectivity index (χ0n) is 14.3. The van der Waals surface area contributed by atoms with Gasteiger partial charge in [0.05, 0.1) is 11.8 Å². The number of hydrogen-bond donors (Lipinski definition) is 2. The molecular formula is C19H21N3O3. The highest BCUT2D eigenvalue weighted by Gasteiger charge is 2.70. The second-order valence-electron chi connectivity index (χ2n) is 7.30. The zero-order chi connectivity index (χ0) is 17.9. The van der Waals surface area contributed by atoms with E-state index in [9.17, 15) is 14.4 Å². The van der Waals surface area contributed by atoms with Crippen LogP contribution in [-0.4, -0.2) is 35.2 Å². The molecule has 6 heteroatoms. The second-order valence-corrected chi connectivity index (χ2v) is 7.30. The van der Waals surface area contributed by atoms with Crippen molar-refractivity contribution in [1.82, 2.24) is 10.2 Å². The fraction of sp³-hybridized carbons (Fsp3) is 0.421. The predicted octanol–water partition coefficient (Wildman–Crippen LogP) is 1.25. The Bertz CT molecular complexity index is 803. The van der Waals surface area contributed by atoms with Gasteiger partial charge in [-0.25, -0.2) is 0 Å². The first kappa shape index (κ1) is 16.0. The number of fused-ring (bicyclic) bond motifs is 4. The van der Waals surface area contributed by atoms with E-state index >= 15 is 0 Å². The van der Waals surface area contributed by atoms with E-state index in [1.165, 1.54) is 4.90 Å². The molecule has 0 radical (unpaired) electrons. The summed E-state index contributed by atoms with van der Waals surface area (Å²) in [5.74, 6) is -1.92. The Morgan fingerprint density at radius 1 is 1.24 bits per heavy atom. The summed E-state index contributed by atoms with van der Waals surface area (Å²) >= 11 is 0. The Morgan fingerprint density at radius 3 is 2.64 bits per heavy atom. The SMILES string of the molecule is C=CCN1C(=O)[C@@H]2[C@H](C(C)C)N[C@]3(C(=O)Nc4ccccc43)[C@H]2C1=O. The predicted molar refractivity (Wildman–Crippen MR) is 92.4 cm³/mol. The van der Waals surface area contributed by atoms with Gasteiger partial charge in [0, 0.05) is 23.8 Å². The van der Waals surface area contributed by atoms with E-state index in [0.717, 1.165) is 5.56 Å². The maximum Gasteiger partial charge on any atom is 0.250 e. The van der Waals surface area contributed by atoms with E-state index in [4.69, 9.17) is 0 Å². The molecule has 130 valence electrons. The number of carbonyl (C=O) groups is 3. The fourth-order valence-corrected chi connectivity index (χ4v) is 4.63. The maximum absolute atomic E-state index is 13.1. The number of imide groups is 1. The van der Waals surface area contributed by atoms with Crippen LogP contribution in [-0.2, 0) is 19.9 Å². The molecule has 3 heterocycles. The quantitative estimate of drug-likeness (QED) is 0.642. The van der Waals surface area contributed by atoms with Gasteiger partial charge in [0.1, 0.15) is 5.54 Å². The first-order valence-corrected chi connectivity index (χ1v) is 8.58. The molecule has 0 unspecified atom stereocenters. The molecule has 3 amide bonds. The summed E-state index contributed by atoms with van der Waals surface area (Å²) in [6, 6.07) is 7.13. The number of hydrogen-bond acceptors (Lipinski definition) is 4. The molecule has 2 fully saturated rings. The van der Waals surface area contributed by atoms with Crippen LogP contribution < -0.4 is 10.6 Å². The first-order valence-electron chi connectivity index (χ1n) is 8.58. The minimum atomic E-state index is -1.18. The molecule has 3 aliphatic rings. The molecule has 2 saturated heterocycles. The van der Waals surface area contributed by atoms with Crippen molar-refractivity contribution < 1.29 is 14.4 Å². The number of likely N-dealkylation sites (tertiary alicyclic amines) is 1. The van der Waals surface area contributed by atoms with E-state index in [1.807, 2.05) is 38.1 Å². The smallest absolute Gasteiger partial charge is 0.250 e. The molecule has 0 bridgehead atoms. The van der Waals surface area contributed by atoms with E-state index in [2.05, 4.69) is 17.2 Å². The van der Waals surface area contributed by atoms with Crippen molar-refractivity contribution in [1.29, 1.82) is 0 Å². The average Bonchev–Trinajstić information content (AvgIpc) is 3.16. The lowest BCUT2D eigenvalue weighted by Gasteiger charge is -2.30.